The zero-order valence-corrected chi connectivity index (χ0v) is 18.7. The third-order valence-electron chi connectivity index (χ3n) is 5.60. The Kier molecular flexibility index (Phi) is 7.37. The second-order valence-corrected chi connectivity index (χ2v) is 7.82. The van der Waals surface area contributed by atoms with Crippen molar-refractivity contribution in [1.82, 2.24) is 0 Å². The van der Waals surface area contributed by atoms with E-state index in [1.165, 1.54) is 6.92 Å². The molecule has 0 aliphatic carbocycles. The van der Waals surface area contributed by atoms with Gasteiger partial charge in [0.1, 0.15) is 11.2 Å². The van der Waals surface area contributed by atoms with E-state index in [4.69, 9.17) is 4.74 Å². The van der Waals surface area contributed by atoms with E-state index in [1.807, 2.05) is 0 Å². The van der Waals surface area contributed by atoms with Crippen LogP contribution in [-0.4, -0.2) is 36.2 Å². The second-order valence-electron chi connectivity index (χ2n) is 7.82. The van der Waals surface area contributed by atoms with Gasteiger partial charge in [-0.2, -0.15) is 0 Å². The highest BCUT2D eigenvalue weighted by atomic mass is 16.5. The van der Waals surface area contributed by atoms with Crippen LogP contribution < -0.4 is 9.80 Å². The van der Waals surface area contributed by atoms with Gasteiger partial charge in [-0.05, 0) is 51.0 Å². The highest BCUT2D eigenvalue weighted by Gasteiger charge is 2.57. The van der Waals surface area contributed by atoms with Gasteiger partial charge < -0.3 is 9.53 Å². The summed E-state index contributed by atoms with van der Waals surface area (Å²) in [5.74, 6) is -2.27. The average Bonchev–Trinajstić information content (AvgIpc) is 2.80. The molecule has 0 bridgehead atoms. The van der Waals surface area contributed by atoms with Crippen molar-refractivity contribution < 1.29 is 28.7 Å². The van der Waals surface area contributed by atoms with Gasteiger partial charge in [-0.3, -0.25) is 14.4 Å². The van der Waals surface area contributed by atoms with E-state index in [-0.39, 0.29) is 38.1 Å². The van der Waals surface area contributed by atoms with E-state index in [2.05, 4.69) is 0 Å². The quantitative estimate of drug-likeness (QED) is 0.424. The van der Waals surface area contributed by atoms with Gasteiger partial charge >= 0.3 is 12.0 Å². The number of carbonyl (C=O) groups is 5. The van der Waals surface area contributed by atoms with Crippen LogP contribution in [0.4, 0.5) is 16.2 Å². The number of ether oxygens (including phenoxy) is 1. The molecule has 0 unspecified atom stereocenters. The molecule has 1 aliphatic rings. The highest BCUT2D eigenvalue weighted by Crippen LogP contribution is 2.42. The first-order valence-corrected chi connectivity index (χ1v) is 10.8. The number of hydrogen-bond acceptors (Lipinski definition) is 6. The summed E-state index contributed by atoms with van der Waals surface area (Å²) >= 11 is 0. The molecule has 2 aromatic rings. The Bertz CT molecular complexity index is 990. The molecule has 1 heterocycles. The molecule has 3 rings (SSSR count). The first-order valence-electron chi connectivity index (χ1n) is 10.8. The van der Waals surface area contributed by atoms with E-state index in [9.17, 15) is 24.0 Å². The third kappa shape index (κ3) is 4.84. The van der Waals surface area contributed by atoms with E-state index >= 15 is 0 Å². The molecule has 1 saturated heterocycles. The lowest BCUT2D eigenvalue weighted by Crippen LogP contribution is -2.66. The lowest BCUT2D eigenvalue weighted by atomic mass is 9.74. The maximum atomic E-state index is 13.8. The van der Waals surface area contributed by atoms with Crippen LogP contribution in [0.25, 0.3) is 0 Å². The normalized spacial score (nSPS) is 15.5. The molecule has 8 heteroatoms. The van der Waals surface area contributed by atoms with Crippen molar-refractivity contribution in [3.8, 4) is 0 Å². The van der Waals surface area contributed by atoms with Crippen molar-refractivity contribution in [1.29, 1.82) is 0 Å². The number of Topliss-reactive ketones (excluding diaryl/α,β-unsaturated/α-hetero) is 1. The van der Waals surface area contributed by atoms with E-state index in [0.29, 0.717) is 11.4 Å². The zero-order chi connectivity index (χ0) is 24.0. The van der Waals surface area contributed by atoms with Gasteiger partial charge in [-0.1, -0.05) is 36.4 Å². The number of barbiturate groups is 1. The minimum atomic E-state index is -1.78. The predicted molar refractivity (Wildman–Crippen MR) is 121 cm³/mol. The first-order chi connectivity index (χ1) is 15.8. The van der Waals surface area contributed by atoms with Gasteiger partial charge in [0.25, 0.3) is 11.8 Å². The molecule has 0 radical (unpaired) electrons. The Morgan fingerprint density at radius 3 is 1.67 bits per heavy atom. The Morgan fingerprint density at radius 2 is 1.24 bits per heavy atom. The third-order valence-corrected chi connectivity index (χ3v) is 5.60. The number of rotatable bonds is 9. The number of urea groups is 1. The summed E-state index contributed by atoms with van der Waals surface area (Å²) in [4.78, 5) is 67.0. The number of nitrogens with zero attached hydrogens (tertiary/aromatic N) is 2. The van der Waals surface area contributed by atoms with Gasteiger partial charge in [0, 0.05) is 12.8 Å². The molecular formula is C25H26N2O6. The molecule has 0 saturated carbocycles. The Morgan fingerprint density at radius 1 is 0.788 bits per heavy atom. The van der Waals surface area contributed by atoms with Crippen LogP contribution in [-0.2, 0) is 23.9 Å². The van der Waals surface area contributed by atoms with E-state index in [0.717, 1.165) is 9.80 Å². The largest absolute Gasteiger partial charge is 0.466 e. The number of ketones is 1. The van der Waals surface area contributed by atoms with Gasteiger partial charge in [-0.15, -0.1) is 0 Å². The number of amides is 4. The molecule has 1 fully saturated rings. The van der Waals surface area contributed by atoms with Gasteiger partial charge in [0.2, 0.25) is 0 Å². The van der Waals surface area contributed by atoms with Crippen molar-refractivity contribution in [3.63, 3.8) is 0 Å². The van der Waals surface area contributed by atoms with Crippen LogP contribution in [0.15, 0.2) is 60.7 Å². The molecule has 33 heavy (non-hydrogen) atoms. The molecule has 0 N–H and O–H groups in total. The molecule has 1 aliphatic heterocycles. The summed E-state index contributed by atoms with van der Waals surface area (Å²) in [5.41, 5.74) is -1.19. The molecule has 172 valence electrons. The van der Waals surface area contributed by atoms with Crippen molar-refractivity contribution in [2.75, 3.05) is 16.4 Å². The molecule has 0 aromatic heterocycles. The topological polar surface area (TPSA) is 101 Å². The first kappa shape index (κ1) is 23.8. The summed E-state index contributed by atoms with van der Waals surface area (Å²) in [5, 5.41) is 0. The number of anilines is 2. The molecule has 8 nitrogen and oxygen atoms in total. The number of carbonyl (C=O) groups excluding carboxylic acids is 5. The van der Waals surface area contributed by atoms with Crippen LogP contribution in [0.2, 0.25) is 0 Å². The van der Waals surface area contributed by atoms with Crippen LogP contribution in [0.5, 0.6) is 0 Å². The van der Waals surface area contributed by atoms with Crippen molar-refractivity contribution >= 4 is 41.0 Å². The number of esters is 1. The Hall–Kier alpha value is -3.81. The number of para-hydroxylation sites is 2. The van der Waals surface area contributed by atoms with Crippen LogP contribution >= 0.6 is 0 Å². The van der Waals surface area contributed by atoms with Crippen molar-refractivity contribution in [2.45, 2.75) is 39.5 Å². The fourth-order valence-corrected chi connectivity index (χ4v) is 3.89. The number of benzene rings is 2. The summed E-state index contributed by atoms with van der Waals surface area (Å²) in [6.45, 7) is 3.19. The molecular weight excluding hydrogens is 424 g/mol. The maximum absolute atomic E-state index is 13.8. The lowest BCUT2D eigenvalue weighted by molar-refractivity contribution is -0.146. The fraction of sp³-hybridized carbons (Fsp3) is 0.320. The highest BCUT2D eigenvalue weighted by molar-refractivity contribution is 6.38. The SMILES string of the molecule is CCOC(=O)CCC1(CCC(C)=O)C(=O)N(c2ccccc2)C(=O)N(c2ccccc2)C1=O. The zero-order valence-electron chi connectivity index (χ0n) is 18.7. The number of hydrogen-bond donors (Lipinski definition) is 0. The van der Waals surface area contributed by atoms with Crippen molar-refractivity contribution in [2.24, 2.45) is 5.41 Å². The Balaban J connectivity index is 2.15. The smallest absolute Gasteiger partial charge is 0.342 e. The standard InChI is InChI=1S/C25H26N2O6/c1-3-33-21(29)15-17-25(16-14-18(2)28)22(30)26(19-10-6-4-7-11-19)24(32)27(23(25)31)20-12-8-5-9-13-20/h4-13H,3,14-17H2,1-2H3. The molecule has 4 amide bonds. The van der Waals surface area contributed by atoms with E-state index < -0.39 is 29.2 Å². The van der Waals surface area contributed by atoms with Crippen LogP contribution in [0.3, 0.4) is 0 Å². The minimum absolute atomic E-state index is 0.0558. The lowest BCUT2D eigenvalue weighted by Gasteiger charge is -2.44. The van der Waals surface area contributed by atoms with Gasteiger partial charge in [0.15, 0.2) is 0 Å². The predicted octanol–water partition coefficient (Wildman–Crippen LogP) is 3.89. The average molecular weight is 450 g/mol. The minimum Gasteiger partial charge on any atom is -0.466 e. The van der Waals surface area contributed by atoms with Gasteiger partial charge in [-0.25, -0.2) is 14.6 Å². The fourth-order valence-electron chi connectivity index (χ4n) is 3.89. The summed E-state index contributed by atoms with van der Waals surface area (Å²) in [6.07, 6.45) is -0.571. The molecule has 2 aromatic carbocycles. The Labute approximate surface area is 192 Å². The molecule has 0 atom stereocenters. The van der Waals surface area contributed by atoms with Gasteiger partial charge in [0.05, 0.1) is 18.0 Å². The van der Waals surface area contributed by atoms with E-state index in [1.54, 1.807) is 67.6 Å². The maximum Gasteiger partial charge on any atom is 0.342 e. The van der Waals surface area contributed by atoms with Crippen molar-refractivity contribution in [3.05, 3.63) is 60.7 Å². The number of imide groups is 2. The van der Waals surface area contributed by atoms with Crippen LogP contribution in [0, 0.1) is 5.41 Å². The van der Waals surface area contributed by atoms with Crippen LogP contribution in [0.1, 0.15) is 39.5 Å². The molecule has 0 spiro atoms. The second kappa shape index (κ2) is 10.2. The summed E-state index contributed by atoms with van der Waals surface area (Å²) in [6, 6.07) is 15.8. The summed E-state index contributed by atoms with van der Waals surface area (Å²) in [7, 11) is 0. The summed E-state index contributed by atoms with van der Waals surface area (Å²) < 4.78 is 5.00. The monoisotopic (exact) mass is 450 g/mol.